The van der Waals surface area contributed by atoms with Crippen molar-refractivity contribution in [3.63, 3.8) is 0 Å². The van der Waals surface area contributed by atoms with Crippen LogP contribution in [-0.2, 0) is 6.54 Å². The van der Waals surface area contributed by atoms with Crippen LogP contribution in [0.15, 0.2) is 36.7 Å². The summed E-state index contributed by atoms with van der Waals surface area (Å²) >= 11 is 0. The number of hydrogen-bond acceptors (Lipinski definition) is 4. The van der Waals surface area contributed by atoms with Crippen LogP contribution in [-0.4, -0.2) is 37.2 Å². The lowest BCUT2D eigenvalue weighted by Crippen LogP contribution is -2.12. The lowest BCUT2D eigenvalue weighted by Gasteiger charge is -1.98. The number of benzene rings is 1. The number of aromatic nitrogens is 4. The SMILES string of the molecule is NC(=O)c1nn(-c2cnn(CCO)c2)c2ccccc12. The van der Waals surface area contributed by atoms with Gasteiger partial charge in [-0.2, -0.15) is 10.2 Å². The highest BCUT2D eigenvalue weighted by Crippen LogP contribution is 2.21. The summed E-state index contributed by atoms with van der Waals surface area (Å²) in [4.78, 5) is 11.5. The first-order chi connectivity index (χ1) is 9.70. The molecule has 0 radical (unpaired) electrons. The van der Waals surface area contributed by atoms with Crippen LogP contribution in [0.4, 0.5) is 0 Å². The van der Waals surface area contributed by atoms with E-state index in [0.717, 1.165) is 5.52 Å². The van der Waals surface area contributed by atoms with Crippen LogP contribution in [0.1, 0.15) is 10.5 Å². The average Bonchev–Trinajstić information content (AvgIpc) is 3.03. The van der Waals surface area contributed by atoms with Gasteiger partial charge in [-0.1, -0.05) is 18.2 Å². The van der Waals surface area contributed by atoms with Crippen molar-refractivity contribution < 1.29 is 9.90 Å². The van der Waals surface area contributed by atoms with E-state index in [9.17, 15) is 4.79 Å². The largest absolute Gasteiger partial charge is 0.394 e. The zero-order valence-electron chi connectivity index (χ0n) is 10.6. The lowest BCUT2D eigenvalue weighted by molar-refractivity contribution is 0.0996. The molecule has 3 N–H and O–H groups in total. The summed E-state index contributed by atoms with van der Waals surface area (Å²) < 4.78 is 3.23. The van der Waals surface area contributed by atoms with Crippen molar-refractivity contribution in [2.75, 3.05) is 6.61 Å². The van der Waals surface area contributed by atoms with E-state index in [4.69, 9.17) is 10.8 Å². The molecule has 0 unspecified atom stereocenters. The summed E-state index contributed by atoms with van der Waals surface area (Å²) in [6, 6.07) is 7.36. The van der Waals surface area contributed by atoms with Gasteiger partial charge in [0.2, 0.25) is 0 Å². The molecule has 7 heteroatoms. The van der Waals surface area contributed by atoms with Crippen LogP contribution in [0.25, 0.3) is 16.6 Å². The van der Waals surface area contributed by atoms with Gasteiger partial charge >= 0.3 is 0 Å². The third kappa shape index (κ3) is 1.94. The zero-order valence-corrected chi connectivity index (χ0v) is 10.6. The summed E-state index contributed by atoms with van der Waals surface area (Å²) in [7, 11) is 0. The number of nitrogens with two attached hydrogens (primary N) is 1. The first-order valence-electron chi connectivity index (χ1n) is 6.12. The second-order valence-corrected chi connectivity index (χ2v) is 4.33. The maximum absolute atomic E-state index is 11.5. The molecule has 2 aromatic heterocycles. The molecule has 0 aliphatic heterocycles. The molecule has 0 atom stereocenters. The molecule has 102 valence electrons. The van der Waals surface area contributed by atoms with Gasteiger partial charge in [0.25, 0.3) is 5.91 Å². The van der Waals surface area contributed by atoms with Crippen molar-refractivity contribution in [3.8, 4) is 5.69 Å². The number of carbonyl (C=O) groups is 1. The zero-order chi connectivity index (χ0) is 14.1. The molecule has 3 rings (SSSR count). The number of nitrogens with zero attached hydrogens (tertiary/aromatic N) is 4. The van der Waals surface area contributed by atoms with Crippen molar-refractivity contribution in [2.24, 2.45) is 5.73 Å². The van der Waals surface area contributed by atoms with Crippen molar-refractivity contribution in [1.29, 1.82) is 0 Å². The average molecular weight is 271 g/mol. The fraction of sp³-hybridized carbons (Fsp3) is 0.154. The minimum Gasteiger partial charge on any atom is -0.394 e. The van der Waals surface area contributed by atoms with E-state index < -0.39 is 5.91 Å². The monoisotopic (exact) mass is 271 g/mol. The van der Waals surface area contributed by atoms with E-state index in [1.165, 1.54) is 0 Å². The van der Waals surface area contributed by atoms with Gasteiger partial charge in [0.1, 0.15) is 5.69 Å². The van der Waals surface area contributed by atoms with Crippen LogP contribution in [0.5, 0.6) is 0 Å². The van der Waals surface area contributed by atoms with Crippen molar-refractivity contribution >= 4 is 16.8 Å². The number of primary amides is 1. The van der Waals surface area contributed by atoms with Gasteiger partial charge < -0.3 is 10.8 Å². The Labute approximate surface area is 114 Å². The van der Waals surface area contributed by atoms with Gasteiger partial charge in [-0.3, -0.25) is 9.48 Å². The Morgan fingerprint density at radius 1 is 1.35 bits per heavy atom. The van der Waals surface area contributed by atoms with Crippen LogP contribution >= 0.6 is 0 Å². The molecule has 20 heavy (non-hydrogen) atoms. The van der Waals surface area contributed by atoms with Crippen LogP contribution in [0.3, 0.4) is 0 Å². The number of fused-ring (bicyclic) bond motifs is 1. The first-order valence-corrected chi connectivity index (χ1v) is 6.12. The van der Waals surface area contributed by atoms with E-state index >= 15 is 0 Å². The minimum absolute atomic E-state index is 0.00745. The number of aliphatic hydroxyl groups is 1. The second kappa shape index (κ2) is 4.78. The highest BCUT2D eigenvalue weighted by molar-refractivity contribution is 6.04. The van der Waals surface area contributed by atoms with Crippen molar-refractivity contribution in [1.82, 2.24) is 19.6 Å². The molecule has 0 fully saturated rings. The Morgan fingerprint density at radius 3 is 2.90 bits per heavy atom. The summed E-state index contributed by atoms with van der Waals surface area (Å²) in [5, 5.41) is 18.0. The third-order valence-electron chi connectivity index (χ3n) is 3.01. The van der Waals surface area contributed by atoms with E-state index in [1.54, 1.807) is 27.8 Å². The third-order valence-corrected chi connectivity index (χ3v) is 3.01. The summed E-state index contributed by atoms with van der Waals surface area (Å²) in [5.41, 5.74) is 7.08. The number of hydrogen-bond donors (Lipinski definition) is 2. The van der Waals surface area contributed by atoms with Gasteiger partial charge in [-0.15, -0.1) is 0 Å². The number of rotatable bonds is 4. The van der Waals surface area contributed by atoms with Crippen LogP contribution in [0.2, 0.25) is 0 Å². The Balaban J connectivity index is 2.17. The summed E-state index contributed by atoms with van der Waals surface area (Å²) in [6.45, 7) is 0.412. The normalized spacial score (nSPS) is 11.1. The quantitative estimate of drug-likeness (QED) is 0.713. The van der Waals surface area contributed by atoms with E-state index in [2.05, 4.69) is 10.2 Å². The minimum atomic E-state index is -0.567. The Morgan fingerprint density at radius 2 is 2.15 bits per heavy atom. The maximum atomic E-state index is 11.5. The van der Waals surface area contributed by atoms with Gasteiger partial charge in [-0.05, 0) is 6.07 Å². The molecule has 0 bridgehead atoms. The Bertz CT molecular complexity index is 774. The van der Waals surface area contributed by atoms with E-state index in [1.807, 2.05) is 18.2 Å². The molecule has 0 saturated heterocycles. The van der Waals surface area contributed by atoms with Crippen molar-refractivity contribution in [2.45, 2.75) is 6.54 Å². The predicted molar refractivity (Wildman–Crippen MR) is 72.5 cm³/mol. The molecule has 0 spiro atoms. The summed E-state index contributed by atoms with van der Waals surface area (Å²) in [5.74, 6) is -0.567. The second-order valence-electron chi connectivity index (χ2n) is 4.33. The highest BCUT2D eigenvalue weighted by Gasteiger charge is 2.15. The van der Waals surface area contributed by atoms with Gasteiger partial charge in [-0.25, -0.2) is 4.68 Å². The van der Waals surface area contributed by atoms with E-state index in [0.29, 0.717) is 17.6 Å². The number of para-hydroxylation sites is 1. The maximum Gasteiger partial charge on any atom is 0.269 e. The standard InChI is InChI=1S/C13H13N5O2/c14-13(20)12-10-3-1-2-4-11(10)18(16-12)9-7-15-17(8-9)5-6-19/h1-4,7-8,19H,5-6H2,(H2,14,20). The topological polar surface area (TPSA) is 99.0 Å². The molecule has 0 aliphatic rings. The molecule has 1 aromatic carbocycles. The van der Waals surface area contributed by atoms with Crippen molar-refractivity contribution in [3.05, 3.63) is 42.4 Å². The lowest BCUT2D eigenvalue weighted by atomic mass is 10.2. The van der Waals surface area contributed by atoms with Gasteiger partial charge in [0.15, 0.2) is 5.69 Å². The Kier molecular flexibility index (Phi) is 2.96. The number of carbonyl (C=O) groups excluding carboxylic acids is 1. The molecule has 7 nitrogen and oxygen atoms in total. The van der Waals surface area contributed by atoms with Crippen LogP contribution in [0, 0.1) is 0 Å². The smallest absolute Gasteiger partial charge is 0.269 e. The Hall–Kier alpha value is -2.67. The molecule has 0 aliphatic carbocycles. The molecular weight excluding hydrogens is 258 g/mol. The van der Waals surface area contributed by atoms with Gasteiger partial charge in [0, 0.05) is 5.39 Å². The van der Waals surface area contributed by atoms with Gasteiger partial charge in [0.05, 0.1) is 31.1 Å². The summed E-state index contributed by atoms with van der Waals surface area (Å²) in [6.07, 6.45) is 3.38. The fourth-order valence-corrected chi connectivity index (χ4v) is 2.13. The molecule has 2 heterocycles. The molecule has 0 saturated carbocycles. The highest BCUT2D eigenvalue weighted by atomic mass is 16.3. The first kappa shape index (κ1) is 12.4. The van der Waals surface area contributed by atoms with E-state index in [-0.39, 0.29) is 12.3 Å². The molecule has 3 aromatic rings. The molecular formula is C13H13N5O2. The van der Waals surface area contributed by atoms with Crippen LogP contribution < -0.4 is 5.73 Å². The number of aliphatic hydroxyl groups excluding tert-OH is 1. The fourth-order valence-electron chi connectivity index (χ4n) is 2.13. The number of amides is 1. The predicted octanol–water partition coefficient (Wildman–Crippen LogP) is 0.313. The molecule has 1 amide bonds.